The van der Waals surface area contributed by atoms with Gasteiger partial charge in [-0.1, -0.05) is 13.3 Å². The van der Waals surface area contributed by atoms with E-state index < -0.39 is 0 Å². The predicted molar refractivity (Wildman–Crippen MR) is 87.9 cm³/mol. The average molecular weight is 324 g/mol. The standard InChI is InChI=1S/C15H28N6O2/c1-6-7-8-16-13(22)9-20(5)15(23)18-12(4)14-19-17-10-21(14)11(2)3/h10-12H,6-9H2,1-5H3,(H,16,22)(H,18,23)/t12-/m1/s1. The fourth-order valence-corrected chi connectivity index (χ4v) is 2.07. The lowest BCUT2D eigenvalue weighted by Gasteiger charge is -2.21. The summed E-state index contributed by atoms with van der Waals surface area (Å²) in [5.41, 5.74) is 0. The van der Waals surface area contributed by atoms with Crippen LogP contribution >= 0.6 is 0 Å². The number of carbonyl (C=O) groups excluding carboxylic acids is 2. The van der Waals surface area contributed by atoms with Crippen LogP contribution in [0.2, 0.25) is 0 Å². The zero-order chi connectivity index (χ0) is 17.4. The number of rotatable bonds is 8. The highest BCUT2D eigenvalue weighted by atomic mass is 16.2. The Hall–Kier alpha value is -2.12. The van der Waals surface area contributed by atoms with Crippen LogP contribution in [0, 0.1) is 0 Å². The minimum Gasteiger partial charge on any atom is -0.355 e. The molecule has 1 rings (SSSR count). The van der Waals surface area contributed by atoms with Crippen LogP contribution in [0.1, 0.15) is 58.4 Å². The SMILES string of the molecule is CCCCNC(=O)CN(C)C(=O)N[C@H](C)c1nncn1C(C)C. The molecule has 0 spiro atoms. The quantitative estimate of drug-likeness (QED) is 0.708. The molecule has 2 N–H and O–H groups in total. The number of unbranched alkanes of at least 4 members (excludes halogenated alkanes) is 1. The van der Waals surface area contributed by atoms with Crippen molar-refractivity contribution in [1.82, 2.24) is 30.3 Å². The molecule has 23 heavy (non-hydrogen) atoms. The lowest BCUT2D eigenvalue weighted by Crippen LogP contribution is -2.44. The highest BCUT2D eigenvalue weighted by Crippen LogP contribution is 2.14. The van der Waals surface area contributed by atoms with Gasteiger partial charge in [0.15, 0.2) is 5.82 Å². The summed E-state index contributed by atoms with van der Waals surface area (Å²) < 4.78 is 1.91. The van der Waals surface area contributed by atoms with Crippen molar-refractivity contribution in [3.63, 3.8) is 0 Å². The van der Waals surface area contributed by atoms with Gasteiger partial charge in [-0.15, -0.1) is 10.2 Å². The van der Waals surface area contributed by atoms with Gasteiger partial charge in [-0.2, -0.15) is 0 Å². The molecule has 0 unspecified atom stereocenters. The number of likely N-dealkylation sites (N-methyl/N-ethyl adjacent to an activating group) is 1. The Kier molecular flexibility index (Phi) is 7.50. The first-order chi connectivity index (χ1) is 10.9. The van der Waals surface area contributed by atoms with Gasteiger partial charge in [0, 0.05) is 19.6 Å². The summed E-state index contributed by atoms with van der Waals surface area (Å²) in [5, 5.41) is 13.6. The third-order valence-electron chi connectivity index (χ3n) is 3.46. The molecule has 0 saturated heterocycles. The summed E-state index contributed by atoms with van der Waals surface area (Å²) >= 11 is 0. The molecule has 0 radical (unpaired) electrons. The predicted octanol–water partition coefficient (Wildman–Crippen LogP) is 1.48. The zero-order valence-electron chi connectivity index (χ0n) is 14.7. The van der Waals surface area contributed by atoms with Crippen molar-refractivity contribution >= 4 is 11.9 Å². The van der Waals surface area contributed by atoms with Gasteiger partial charge >= 0.3 is 6.03 Å². The monoisotopic (exact) mass is 324 g/mol. The Morgan fingerprint density at radius 2 is 2.04 bits per heavy atom. The van der Waals surface area contributed by atoms with Crippen LogP contribution in [0.4, 0.5) is 4.79 Å². The van der Waals surface area contributed by atoms with Crippen LogP contribution in [-0.4, -0.2) is 51.7 Å². The van der Waals surface area contributed by atoms with Crippen molar-refractivity contribution in [2.75, 3.05) is 20.1 Å². The molecule has 0 aliphatic heterocycles. The molecule has 1 heterocycles. The van der Waals surface area contributed by atoms with Gasteiger partial charge in [0.25, 0.3) is 0 Å². The molecule has 1 aromatic rings. The molecule has 0 bridgehead atoms. The normalized spacial score (nSPS) is 12.1. The van der Waals surface area contributed by atoms with Gasteiger partial charge < -0.3 is 20.1 Å². The third kappa shape index (κ3) is 5.88. The van der Waals surface area contributed by atoms with Crippen molar-refractivity contribution in [3.05, 3.63) is 12.2 Å². The summed E-state index contributed by atoms with van der Waals surface area (Å²) in [6, 6.07) is -0.402. The Morgan fingerprint density at radius 1 is 1.35 bits per heavy atom. The number of hydrogen-bond donors (Lipinski definition) is 2. The summed E-state index contributed by atoms with van der Waals surface area (Å²) in [6.45, 7) is 8.61. The summed E-state index contributed by atoms with van der Waals surface area (Å²) in [5.74, 6) is 0.531. The molecular formula is C15H28N6O2. The number of hydrogen-bond acceptors (Lipinski definition) is 4. The van der Waals surface area contributed by atoms with E-state index >= 15 is 0 Å². The van der Waals surface area contributed by atoms with Gasteiger partial charge in [-0.3, -0.25) is 4.79 Å². The van der Waals surface area contributed by atoms with E-state index in [2.05, 4.69) is 27.8 Å². The highest BCUT2D eigenvalue weighted by molar-refractivity contribution is 5.83. The number of amides is 3. The van der Waals surface area contributed by atoms with E-state index in [9.17, 15) is 9.59 Å². The molecule has 130 valence electrons. The molecule has 0 aliphatic rings. The van der Waals surface area contributed by atoms with Gasteiger partial charge in [0.05, 0.1) is 6.04 Å². The van der Waals surface area contributed by atoms with E-state index in [1.165, 1.54) is 4.90 Å². The smallest absolute Gasteiger partial charge is 0.318 e. The molecule has 1 aromatic heterocycles. The van der Waals surface area contributed by atoms with Gasteiger partial charge in [0.2, 0.25) is 5.91 Å². The molecule has 1 atom stereocenters. The molecule has 0 saturated carbocycles. The van der Waals surface area contributed by atoms with Crippen LogP contribution in [0.5, 0.6) is 0 Å². The molecule has 3 amide bonds. The minimum atomic E-state index is -0.318. The van der Waals surface area contributed by atoms with Gasteiger partial charge in [0.1, 0.15) is 12.9 Å². The highest BCUT2D eigenvalue weighted by Gasteiger charge is 2.20. The van der Waals surface area contributed by atoms with E-state index in [1.807, 2.05) is 25.3 Å². The number of aromatic nitrogens is 3. The lowest BCUT2D eigenvalue weighted by molar-refractivity contribution is -0.121. The first-order valence-corrected chi connectivity index (χ1v) is 8.04. The summed E-state index contributed by atoms with van der Waals surface area (Å²) in [6.07, 6.45) is 3.60. The van der Waals surface area contributed by atoms with Gasteiger partial charge in [-0.25, -0.2) is 4.79 Å². The van der Waals surface area contributed by atoms with Crippen molar-refractivity contribution in [3.8, 4) is 0 Å². The second kappa shape index (κ2) is 9.12. The van der Waals surface area contributed by atoms with E-state index in [1.54, 1.807) is 13.4 Å². The second-order valence-corrected chi connectivity index (χ2v) is 5.92. The first kappa shape index (κ1) is 18.9. The summed E-state index contributed by atoms with van der Waals surface area (Å²) in [7, 11) is 1.59. The number of urea groups is 1. The molecule has 8 nitrogen and oxygen atoms in total. The Morgan fingerprint density at radius 3 is 2.65 bits per heavy atom. The average Bonchev–Trinajstić information content (AvgIpc) is 2.97. The molecule has 0 aliphatic carbocycles. The van der Waals surface area contributed by atoms with E-state index in [0.717, 1.165) is 12.8 Å². The van der Waals surface area contributed by atoms with Crippen LogP contribution in [-0.2, 0) is 4.79 Å². The van der Waals surface area contributed by atoms with Crippen molar-refractivity contribution in [1.29, 1.82) is 0 Å². The van der Waals surface area contributed by atoms with Crippen LogP contribution in [0.25, 0.3) is 0 Å². The van der Waals surface area contributed by atoms with E-state index in [0.29, 0.717) is 12.4 Å². The van der Waals surface area contributed by atoms with E-state index in [4.69, 9.17) is 0 Å². The van der Waals surface area contributed by atoms with Crippen molar-refractivity contribution in [2.24, 2.45) is 0 Å². The number of nitrogens with zero attached hydrogens (tertiary/aromatic N) is 4. The molecular weight excluding hydrogens is 296 g/mol. The lowest BCUT2D eigenvalue weighted by atomic mass is 10.3. The largest absolute Gasteiger partial charge is 0.355 e. The number of nitrogens with one attached hydrogen (secondary N) is 2. The van der Waals surface area contributed by atoms with Crippen LogP contribution in [0.15, 0.2) is 6.33 Å². The Balaban J connectivity index is 2.51. The van der Waals surface area contributed by atoms with Crippen LogP contribution in [0.3, 0.4) is 0 Å². The maximum absolute atomic E-state index is 12.2. The maximum atomic E-state index is 12.2. The third-order valence-corrected chi connectivity index (χ3v) is 3.46. The topological polar surface area (TPSA) is 92.2 Å². The number of carbonyl (C=O) groups is 2. The zero-order valence-corrected chi connectivity index (χ0v) is 14.7. The van der Waals surface area contributed by atoms with Gasteiger partial charge in [-0.05, 0) is 27.2 Å². The fourth-order valence-electron chi connectivity index (χ4n) is 2.07. The molecule has 0 aromatic carbocycles. The molecule has 8 heteroatoms. The Labute approximate surface area is 137 Å². The molecule has 0 fully saturated rings. The van der Waals surface area contributed by atoms with E-state index in [-0.39, 0.29) is 30.6 Å². The minimum absolute atomic E-state index is 0.0269. The second-order valence-electron chi connectivity index (χ2n) is 5.92. The maximum Gasteiger partial charge on any atom is 0.318 e. The van der Waals surface area contributed by atoms with Crippen molar-refractivity contribution < 1.29 is 9.59 Å². The first-order valence-electron chi connectivity index (χ1n) is 8.04. The Bertz CT molecular complexity index is 514. The summed E-state index contributed by atoms with van der Waals surface area (Å²) in [4.78, 5) is 25.3. The fraction of sp³-hybridized carbons (Fsp3) is 0.733. The van der Waals surface area contributed by atoms with Crippen LogP contribution < -0.4 is 10.6 Å². The van der Waals surface area contributed by atoms with Crippen molar-refractivity contribution in [2.45, 2.75) is 52.6 Å².